The minimum Gasteiger partial charge on any atom is -0.280 e. The van der Waals surface area contributed by atoms with E-state index in [2.05, 4.69) is 4.72 Å². The summed E-state index contributed by atoms with van der Waals surface area (Å²) in [5, 5.41) is 4.93. The zero-order chi connectivity index (χ0) is 17.3. The fourth-order valence-corrected chi connectivity index (χ4v) is 3.58. The number of nitrogens with one attached hydrogen (secondary N) is 1. The lowest BCUT2D eigenvalue weighted by atomic mass is 10.2. The molecule has 0 radical (unpaired) electrons. The largest absolute Gasteiger partial charge is 0.280 e. The van der Waals surface area contributed by atoms with E-state index in [1.54, 1.807) is 0 Å². The Labute approximate surface area is 134 Å². The Balaban J connectivity index is 2.22. The average Bonchev–Trinajstić information content (AvgIpc) is 2.42. The van der Waals surface area contributed by atoms with Gasteiger partial charge in [0.15, 0.2) is 0 Å². The van der Waals surface area contributed by atoms with Crippen molar-refractivity contribution in [3.8, 4) is 0 Å². The zero-order valence-corrected chi connectivity index (χ0v) is 13.8. The Morgan fingerprint density at radius 1 is 1.04 bits per heavy atom. The molecule has 124 valence electrons. The molecule has 0 spiro atoms. The van der Waals surface area contributed by atoms with Gasteiger partial charge < -0.3 is 0 Å². The fraction of sp³-hybridized carbons (Fsp3) is 0.143. The van der Waals surface area contributed by atoms with Crippen LogP contribution >= 0.6 is 0 Å². The van der Waals surface area contributed by atoms with Crippen LogP contribution in [0, 0.1) is 12.7 Å². The Bertz CT molecular complexity index is 924. The predicted octanol–water partition coefficient (Wildman–Crippen LogP) is 1.72. The number of hydrogen-bond acceptors (Lipinski definition) is 4. The van der Waals surface area contributed by atoms with Crippen LogP contribution in [-0.4, -0.2) is 16.8 Å². The molecule has 0 unspecified atom stereocenters. The average molecular weight is 358 g/mol. The maximum atomic E-state index is 13.5. The maximum Gasteiger partial charge on any atom is 0.261 e. The second-order valence-corrected chi connectivity index (χ2v) is 8.32. The summed E-state index contributed by atoms with van der Waals surface area (Å²) < 4.78 is 62.1. The molecule has 0 aliphatic heterocycles. The number of anilines is 1. The van der Waals surface area contributed by atoms with Crippen LogP contribution in [0.3, 0.4) is 0 Å². The van der Waals surface area contributed by atoms with Crippen molar-refractivity contribution in [3.63, 3.8) is 0 Å². The summed E-state index contributed by atoms with van der Waals surface area (Å²) in [6.45, 7) is 1.53. The number of benzene rings is 2. The van der Waals surface area contributed by atoms with Crippen LogP contribution in [0.1, 0.15) is 11.1 Å². The summed E-state index contributed by atoms with van der Waals surface area (Å²) in [5.74, 6) is -0.959. The Kier molecular flexibility index (Phi) is 4.73. The molecular weight excluding hydrogens is 343 g/mol. The molecule has 9 heteroatoms. The highest BCUT2D eigenvalue weighted by molar-refractivity contribution is 7.92. The van der Waals surface area contributed by atoms with Gasteiger partial charge in [-0.2, -0.15) is 0 Å². The first kappa shape index (κ1) is 17.4. The number of hydrogen-bond donors (Lipinski definition) is 2. The van der Waals surface area contributed by atoms with Crippen LogP contribution in [0.4, 0.5) is 10.1 Å². The van der Waals surface area contributed by atoms with Gasteiger partial charge in [0.1, 0.15) is 5.82 Å². The third-order valence-electron chi connectivity index (χ3n) is 3.03. The van der Waals surface area contributed by atoms with Crippen LogP contribution in [0.5, 0.6) is 0 Å². The first-order valence-corrected chi connectivity index (χ1v) is 9.65. The summed E-state index contributed by atoms with van der Waals surface area (Å²) >= 11 is 0. The van der Waals surface area contributed by atoms with Gasteiger partial charge in [0.2, 0.25) is 10.0 Å². The monoisotopic (exact) mass is 358 g/mol. The number of sulfonamides is 2. The van der Waals surface area contributed by atoms with Gasteiger partial charge in [-0.05, 0) is 42.3 Å². The minimum absolute atomic E-state index is 0.200. The van der Waals surface area contributed by atoms with Gasteiger partial charge in [0.05, 0.1) is 10.6 Å². The van der Waals surface area contributed by atoms with Crippen LogP contribution in [-0.2, 0) is 25.8 Å². The molecule has 0 fully saturated rings. The molecule has 0 aliphatic carbocycles. The van der Waals surface area contributed by atoms with E-state index in [4.69, 9.17) is 5.14 Å². The van der Waals surface area contributed by atoms with E-state index in [-0.39, 0.29) is 16.3 Å². The van der Waals surface area contributed by atoms with E-state index < -0.39 is 25.9 Å². The standard InChI is InChI=1S/C14H15FN2O4S2/c1-10-2-7-13(8-14(10)15)23(20,21)17-12-5-3-11(4-6-12)9-22(16,18)19/h2-8,17H,9H2,1H3,(H2,16,18,19). The van der Waals surface area contributed by atoms with Gasteiger partial charge in [0.25, 0.3) is 10.0 Å². The van der Waals surface area contributed by atoms with Crippen molar-refractivity contribution in [2.45, 2.75) is 17.6 Å². The molecule has 0 aliphatic rings. The maximum absolute atomic E-state index is 13.5. The molecule has 3 N–H and O–H groups in total. The van der Waals surface area contributed by atoms with Gasteiger partial charge in [-0.25, -0.2) is 26.4 Å². The number of primary sulfonamides is 1. The first-order valence-electron chi connectivity index (χ1n) is 6.45. The molecule has 0 saturated heterocycles. The highest BCUT2D eigenvalue weighted by Crippen LogP contribution is 2.19. The summed E-state index contributed by atoms with van der Waals surface area (Å²) in [4.78, 5) is -0.200. The molecule has 0 atom stereocenters. The summed E-state index contributed by atoms with van der Waals surface area (Å²) in [6, 6.07) is 9.31. The predicted molar refractivity (Wildman–Crippen MR) is 85.2 cm³/mol. The molecule has 0 bridgehead atoms. The Hall–Kier alpha value is -1.97. The first-order chi connectivity index (χ1) is 10.6. The number of nitrogens with two attached hydrogens (primary N) is 1. The lowest BCUT2D eigenvalue weighted by molar-refractivity contribution is 0.592. The van der Waals surface area contributed by atoms with Crippen molar-refractivity contribution in [2.75, 3.05) is 4.72 Å². The van der Waals surface area contributed by atoms with Gasteiger partial charge in [0, 0.05) is 5.69 Å². The smallest absolute Gasteiger partial charge is 0.261 e. The van der Waals surface area contributed by atoms with Gasteiger partial charge in [-0.3, -0.25) is 4.72 Å². The molecule has 2 aromatic carbocycles. The minimum atomic E-state index is -3.93. The number of aryl methyl sites for hydroxylation is 1. The van der Waals surface area contributed by atoms with Crippen molar-refractivity contribution in [1.29, 1.82) is 0 Å². The molecule has 23 heavy (non-hydrogen) atoms. The molecule has 6 nitrogen and oxygen atoms in total. The third-order valence-corrected chi connectivity index (χ3v) is 5.14. The lowest BCUT2D eigenvalue weighted by Gasteiger charge is -2.09. The van der Waals surface area contributed by atoms with Gasteiger partial charge in [-0.1, -0.05) is 18.2 Å². The number of halogens is 1. The second-order valence-electron chi connectivity index (χ2n) is 5.02. The highest BCUT2D eigenvalue weighted by atomic mass is 32.2. The van der Waals surface area contributed by atoms with Gasteiger partial charge >= 0.3 is 0 Å². The van der Waals surface area contributed by atoms with E-state index >= 15 is 0 Å². The van der Waals surface area contributed by atoms with Crippen molar-refractivity contribution in [2.24, 2.45) is 5.14 Å². The Morgan fingerprint density at radius 3 is 2.17 bits per heavy atom. The van der Waals surface area contributed by atoms with Crippen molar-refractivity contribution < 1.29 is 21.2 Å². The third kappa shape index (κ3) is 4.75. The van der Waals surface area contributed by atoms with Crippen LogP contribution in [0.15, 0.2) is 47.4 Å². The summed E-state index contributed by atoms with van der Waals surface area (Å²) in [6.07, 6.45) is 0. The molecule has 0 amide bonds. The van der Waals surface area contributed by atoms with Crippen LogP contribution in [0.25, 0.3) is 0 Å². The normalized spacial score (nSPS) is 12.1. The molecular formula is C14H15FN2O4S2. The van der Waals surface area contributed by atoms with Gasteiger partial charge in [-0.15, -0.1) is 0 Å². The number of rotatable bonds is 5. The molecule has 2 rings (SSSR count). The quantitative estimate of drug-likeness (QED) is 0.849. The SMILES string of the molecule is Cc1ccc(S(=O)(=O)Nc2ccc(CS(N)(=O)=O)cc2)cc1F. The zero-order valence-electron chi connectivity index (χ0n) is 12.2. The lowest BCUT2D eigenvalue weighted by Crippen LogP contribution is -2.15. The molecule has 2 aromatic rings. The van der Waals surface area contributed by atoms with Crippen LogP contribution < -0.4 is 9.86 Å². The van der Waals surface area contributed by atoms with Crippen molar-refractivity contribution in [1.82, 2.24) is 0 Å². The van der Waals surface area contributed by atoms with E-state index in [9.17, 15) is 21.2 Å². The second kappa shape index (κ2) is 6.26. The molecule has 0 aromatic heterocycles. The molecule has 0 heterocycles. The van der Waals surface area contributed by atoms with E-state index in [0.717, 1.165) is 6.07 Å². The van der Waals surface area contributed by atoms with Crippen LogP contribution in [0.2, 0.25) is 0 Å². The Morgan fingerprint density at radius 2 is 1.65 bits per heavy atom. The van der Waals surface area contributed by atoms with Crippen molar-refractivity contribution >= 4 is 25.7 Å². The van der Waals surface area contributed by atoms with E-state index in [0.29, 0.717) is 11.1 Å². The summed E-state index contributed by atoms with van der Waals surface area (Å²) in [7, 11) is -7.59. The topological polar surface area (TPSA) is 106 Å². The highest BCUT2D eigenvalue weighted by Gasteiger charge is 2.16. The fourth-order valence-electron chi connectivity index (χ4n) is 1.86. The van der Waals surface area contributed by atoms with E-state index in [1.807, 2.05) is 0 Å². The summed E-state index contributed by atoms with van der Waals surface area (Å²) in [5.41, 5.74) is 0.997. The van der Waals surface area contributed by atoms with Crippen molar-refractivity contribution in [3.05, 3.63) is 59.4 Å². The molecule has 0 saturated carbocycles. The van der Waals surface area contributed by atoms with E-state index in [1.165, 1.54) is 43.3 Å².